The van der Waals surface area contributed by atoms with E-state index in [0.717, 1.165) is 103 Å². The van der Waals surface area contributed by atoms with Crippen LogP contribution in [-0.2, 0) is 14.3 Å². The highest BCUT2D eigenvalue weighted by Crippen LogP contribution is 2.16. The van der Waals surface area contributed by atoms with E-state index in [9.17, 15) is 19.8 Å². The van der Waals surface area contributed by atoms with Crippen LogP contribution >= 0.6 is 0 Å². The summed E-state index contributed by atoms with van der Waals surface area (Å²) in [6, 6.07) is -0.725. The van der Waals surface area contributed by atoms with Crippen LogP contribution < -0.4 is 5.32 Å². The van der Waals surface area contributed by atoms with Gasteiger partial charge in [-0.05, 0) is 83.5 Å². The third-order valence-corrected chi connectivity index (χ3v) is 9.75. The summed E-state index contributed by atoms with van der Waals surface area (Å²) in [7, 11) is 0. The van der Waals surface area contributed by atoms with E-state index in [2.05, 4.69) is 92.9 Å². The Morgan fingerprint density at radius 3 is 1.65 bits per heavy atom. The van der Waals surface area contributed by atoms with Crippen molar-refractivity contribution in [2.75, 3.05) is 6.61 Å². The molecule has 1 amide bonds. The molecule has 0 radical (unpaired) electrons. The molecule has 0 aromatic rings. The van der Waals surface area contributed by atoms with E-state index in [1.807, 2.05) is 30.4 Å². The van der Waals surface area contributed by atoms with Crippen LogP contribution in [0.4, 0.5) is 0 Å². The van der Waals surface area contributed by atoms with Crippen LogP contribution in [0.15, 0.2) is 97.2 Å². The molecule has 0 rings (SSSR count). The molecule has 3 N–H and O–H groups in total. The zero-order valence-electron chi connectivity index (χ0n) is 36.7. The number of rotatable bonds is 39. The minimum Gasteiger partial charge on any atom is -0.462 e. The van der Waals surface area contributed by atoms with Gasteiger partial charge in [0.2, 0.25) is 5.91 Å². The number of aliphatic hydroxyl groups is 2. The minimum atomic E-state index is -0.807. The minimum absolute atomic E-state index is 0.0322. The number of carbonyl (C=O) groups is 2. The molecule has 0 saturated carbocycles. The molecule has 0 bridgehead atoms. The highest BCUT2D eigenvalue weighted by molar-refractivity contribution is 5.77. The van der Waals surface area contributed by atoms with Crippen molar-refractivity contribution in [3.63, 3.8) is 0 Å². The van der Waals surface area contributed by atoms with E-state index in [1.54, 1.807) is 0 Å². The van der Waals surface area contributed by atoms with Crippen molar-refractivity contribution < 1.29 is 24.5 Å². The number of hydrogen-bond acceptors (Lipinski definition) is 5. The number of hydrogen-bond donors (Lipinski definition) is 3. The first-order chi connectivity index (χ1) is 28.0. The molecule has 324 valence electrons. The summed E-state index contributed by atoms with van der Waals surface area (Å²) in [4.78, 5) is 26.0. The van der Waals surface area contributed by atoms with Crippen LogP contribution in [0.3, 0.4) is 0 Å². The van der Waals surface area contributed by atoms with Gasteiger partial charge in [-0.3, -0.25) is 9.59 Å². The van der Waals surface area contributed by atoms with Crippen molar-refractivity contribution >= 4 is 11.9 Å². The Hall–Kier alpha value is -3.22. The van der Waals surface area contributed by atoms with Gasteiger partial charge in [0, 0.05) is 6.42 Å². The molecule has 6 nitrogen and oxygen atoms in total. The van der Waals surface area contributed by atoms with Gasteiger partial charge in [-0.1, -0.05) is 189 Å². The highest BCUT2D eigenvalue weighted by Gasteiger charge is 2.24. The molecular weight excluding hydrogens is 707 g/mol. The van der Waals surface area contributed by atoms with Crippen LogP contribution in [0.2, 0.25) is 0 Å². The van der Waals surface area contributed by atoms with Gasteiger partial charge in [-0.15, -0.1) is 0 Å². The molecule has 0 heterocycles. The van der Waals surface area contributed by atoms with E-state index >= 15 is 0 Å². The SMILES string of the molecule is CC/C=C/C=C/C=C/C=C\CCCCCC(CC(=O)NC(CO)C(O)CCCCCCCCCCC)OC(=O)CCCCC/C=C/C/C=C/C/C=C/C/C=C/CC. The summed E-state index contributed by atoms with van der Waals surface area (Å²) in [6.45, 7) is 6.16. The van der Waals surface area contributed by atoms with Crippen LogP contribution in [0.25, 0.3) is 0 Å². The van der Waals surface area contributed by atoms with E-state index < -0.39 is 18.2 Å². The molecule has 0 fully saturated rings. The molecule has 0 aromatic carbocycles. The molecule has 0 aromatic heterocycles. The molecular formula is C51H85NO5. The molecule has 0 aliphatic rings. The zero-order valence-corrected chi connectivity index (χ0v) is 36.7. The number of nitrogens with one attached hydrogen (secondary N) is 1. The van der Waals surface area contributed by atoms with Crippen LogP contribution in [0.1, 0.15) is 188 Å². The highest BCUT2D eigenvalue weighted by atomic mass is 16.5. The molecule has 6 heteroatoms. The number of allylic oxidation sites excluding steroid dienone is 16. The predicted molar refractivity (Wildman–Crippen MR) is 245 cm³/mol. The van der Waals surface area contributed by atoms with Gasteiger partial charge in [0.25, 0.3) is 0 Å². The van der Waals surface area contributed by atoms with Gasteiger partial charge >= 0.3 is 5.97 Å². The maximum Gasteiger partial charge on any atom is 0.306 e. The van der Waals surface area contributed by atoms with Crippen molar-refractivity contribution in [2.24, 2.45) is 0 Å². The Bertz CT molecular complexity index is 1160. The Morgan fingerprint density at radius 1 is 0.544 bits per heavy atom. The van der Waals surface area contributed by atoms with E-state index in [0.29, 0.717) is 19.3 Å². The molecule has 57 heavy (non-hydrogen) atoms. The molecule has 0 saturated heterocycles. The van der Waals surface area contributed by atoms with Crippen LogP contribution in [0, 0.1) is 0 Å². The first-order valence-electron chi connectivity index (χ1n) is 23.0. The summed E-state index contributed by atoms with van der Waals surface area (Å²) in [5, 5.41) is 23.6. The third kappa shape index (κ3) is 39.4. The maximum absolute atomic E-state index is 13.1. The van der Waals surface area contributed by atoms with Gasteiger partial charge in [0.15, 0.2) is 0 Å². The second kappa shape index (κ2) is 43.9. The quantitative estimate of drug-likeness (QED) is 0.0249. The lowest BCUT2D eigenvalue weighted by Gasteiger charge is -2.24. The molecule has 3 unspecified atom stereocenters. The van der Waals surface area contributed by atoms with E-state index in [-0.39, 0.29) is 24.9 Å². The third-order valence-electron chi connectivity index (χ3n) is 9.75. The number of aliphatic hydroxyl groups excluding tert-OH is 2. The number of amides is 1. The Kier molecular flexibility index (Phi) is 41.4. The van der Waals surface area contributed by atoms with Crippen LogP contribution in [-0.4, -0.2) is 46.9 Å². The largest absolute Gasteiger partial charge is 0.462 e. The van der Waals surface area contributed by atoms with Gasteiger partial charge in [-0.25, -0.2) is 0 Å². The monoisotopic (exact) mass is 792 g/mol. The summed E-state index contributed by atoms with van der Waals surface area (Å²) < 4.78 is 5.87. The van der Waals surface area contributed by atoms with Gasteiger partial charge in [0.1, 0.15) is 6.10 Å². The van der Waals surface area contributed by atoms with Crippen molar-refractivity contribution in [3.05, 3.63) is 97.2 Å². The fourth-order valence-electron chi connectivity index (χ4n) is 6.31. The van der Waals surface area contributed by atoms with Gasteiger partial charge < -0.3 is 20.3 Å². The Labute approximate surface area is 350 Å². The summed E-state index contributed by atoms with van der Waals surface area (Å²) in [6.07, 6.45) is 57.5. The normalized spacial score (nSPS) is 14.3. The van der Waals surface area contributed by atoms with Gasteiger partial charge in [-0.2, -0.15) is 0 Å². The smallest absolute Gasteiger partial charge is 0.306 e. The average molecular weight is 792 g/mol. The summed E-state index contributed by atoms with van der Waals surface area (Å²) in [5.74, 6) is -0.563. The van der Waals surface area contributed by atoms with Crippen molar-refractivity contribution in [2.45, 2.75) is 206 Å². The second-order valence-corrected chi connectivity index (χ2v) is 15.1. The fraction of sp³-hybridized carbons (Fsp3) is 0.647. The first kappa shape index (κ1) is 53.8. The zero-order chi connectivity index (χ0) is 41.7. The maximum atomic E-state index is 13.1. The average Bonchev–Trinajstić information content (AvgIpc) is 3.20. The van der Waals surface area contributed by atoms with E-state index in [4.69, 9.17) is 4.74 Å². The van der Waals surface area contributed by atoms with Gasteiger partial charge in [0.05, 0.1) is 25.2 Å². The first-order valence-corrected chi connectivity index (χ1v) is 23.0. The van der Waals surface area contributed by atoms with Crippen molar-refractivity contribution in [3.8, 4) is 0 Å². The lowest BCUT2D eigenvalue weighted by atomic mass is 10.0. The summed E-state index contributed by atoms with van der Waals surface area (Å²) >= 11 is 0. The van der Waals surface area contributed by atoms with Crippen molar-refractivity contribution in [1.82, 2.24) is 5.32 Å². The standard InChI is InChI=1S/C51H85NO5/c1-4-7-10-13-16-19-21-23-24-25-27-29-32-35-38-41-44-51(56)57-47(42-39-36-33-31-28-26-22-20-17-14-11-8-5-2)45-50(55)52-48(46-53)49(54)43-40-37-34-30-18-15-12-9-6-3/h7-8,10-11,14,16-17,19-20,22-24,26-29,47-49,53-54H,4-6,9,12-13,15,18,21,25,30-46H2,1-3H3,(H,52,55)/b10-7+,11-8+,17-14+,19-16+,22-20+,24-23+,28-26-,29-27+. The lowest BCUT2D eigenvalue weighted by Crippen LogP contribution is -2.46. The molecule has 0 spiro atoms. The Balaban J connectivity index is 4.75. The number of esters is 1. The molecule has 0 aliphatic heterocycles. The fourth-order valence-corrected chi connectivity index (χ4v) is 6.31. The van der Waals surface area contributed by atoms with E-state index in [1.165, 1.54) is 38.5 Å². The lowest BCUT2D eigenvalue weighted by molar-refractivity contribution is -0.151. The Morgan fingerprint density at radius 2 is 1.04 bits per heavy atom. The molecule has 3 atom stereocenters. The number of ether oxygens (including phenoxy) is 1. The number of carbonyl (C=O) groups excluding carboxylic acids is 2. The molecule has 0 aliphatic carbocycles. The van der Waals surface area contributed by atoms with Crippen molar-refractivity contribution in [1.29, 1.82) is 0 Å². The summed E-state index contributed by atoms with van der Waals surface area (Å²) in [5.41, 5.74) is 0. The second-order valence-electron chi connectivity index (χ2n) is 15.1. The topological polar surface area (TPSA) is 95.9 Å². The van der Waals surface area contributed by atoms with Crippen LogP contribution in [0.5, 0.6) is 0 Å². The predicted octanol–water partition coefficient (Wildman–Crippen LogP) is 13.4. The number of unbranched alkanes of at least 4 members (excludes halogenated alkanes) is 14.